The first-order valence-electron chi connectivity index (χ1n) is 9.91. The van der Waals surface area contributed by atoms with Crippen LogP contribution >= 0.6 is 0 Å². The maximum absolute atomic E-state index is 13.8. The van der Waals surface area contributed by atoms with E-state index in [1.165, 1.54) is 13.2 Å². The lowest BCUT2D eigenvalue weighted by molar-refractivity contribution is -0.136. The molecule has 0 spiro atoms. The third-order valence-corrected chi connectivity index (χ3v) is 5.85. The second kappa shape index (κ2) is 8.45. The quantitative estimate of drug-likeness (QED) is 0.678. The van der Waals surface area contributed by atoms with Gasteiger partial charge in [0.15, 0.2) is 11.6 Å². The molecule has 10 heteroatoms. The fourth-order valence-electron chi connectivity index (χ4n) is 4.05. The number of carbonyl (C=O) groups is 3. The summed E-state index contributed by atoms with van der Waals surface area (Å²) in [5, 5.41) is 4.88. The smallest absolute Gasteiger partial charge is 0.322 e. The van der Waals surface area contributed by atoms with Crippen LogP contribution in [0.2, 0.25) is 0 Å². The van der Waals surface area contributed by atoms with Crippen molar-refractivity contribution in [3.8, 4) is 5.75 Å². The van der Waals surface area contributed by atoms with Crippen LogP contribution < -0.4 is 20.3 Å². The summed E-state index contributed by atoms with van der Waals surface area (Å²) in [6.07, 6.45) is 0.592. The zero-order chi connectivity index (χ0) is 22.1. The summed E-state index contributed by atoms with van der Waals surface area (Å²) in [7, 11) is 1.27. The number of carbonyl (C=O) groups excluding carboxylic acids is 3. The van der Waals surface area contributed by atoms with E-state index in [2.05, 4.69) is 10.6 Å². The molecule has 3 rings (SSSR count). The Kier molecular flexibility index (Phi) is 6.14. The molecule has 0 radical (unpaired) electrons. The van der Waals surface area contributed by atoms with Gasteiger partial charge in [-0.05, 0) is 12.8 Å². The molecule has 164 valence electrons. The average molecular weight is 424 g/mol. The Morgan fingerprint density at radius 1 is 1.23 bits per heavy atom. The first-order valence-corrected chi connectivity index (χ1v) is 9.91. The summed E-state index contributed by atoms with van der Waals surface area (Å²) >= 11 is 0. The lowest BCUT2D eigenvalue weighted by atomic mass is 9.85. The van der Waals surface area contributed by atoms with Crippen molar-refractivity contribution in [2.45, 2.75) is 32.2 Å². The molecule has 0 bridgehead atoms. The zero-order valence-corrected chi connectivity index (χ0v) is 17.3. The number of benzene rings is 1. The topological polar surface area (TPSA) is 91.0 Å². The van der Waals surface area contributed by atoms with Crippen molar-refractivity contribution in [2.24, 2.45) is 5.92 Å². The Morgan fingerprint density at radius 3 is 2.43 bits per heavy atom. The summed E-state index contributed by atoms with van der Waals surface area (Å²) in [6.45, 7) is 5.23. The van der Waals surface area contributed by atoms with Crippen molar-refractivity contribution in [3.05, 3.63) is 23.8 Å². The van der Waals surface area contributed by atoms with E-state index in [-0.39, 0.29) is 18.1 Å². The first-order chi connectivity index (χ1) is 14.2. The number of nitrogens with one attached hydrogen (secondary N) is 2. The van der Waals surface area contributed by atoms with Crippen LogP contribution in [0.3, 0.4) is 0 Å². The minimum atomic E-state index is -1.07. The highest BCUT2D eigenvalue weighted by molar-refractivity contribution is 6.07. The molecule has 0 aromatic heterocycles. The maximum atomic E-state index is 13.8. The maximum Gasteiger partial charge on any atom is 0.322 e. The van der Waals surface area contributed by atoms with Crippen LogP contribution in [-0.4, -0.2) is 61.6 Å². The van der Waals surface area contributed by atoms with Gasteiger partial charge in [0.1, 0.15) is 5.54 Å². The molecule has 2 saturated heterocycles. The van der Waals surface area contributed by atoms with E-state index in [0.717, 1.165) is 6.07 Å². The molecule has 0 saturated carbocycles. The molecule has 1 aromatic carbocycles. The van der Waals surface area contributed by atoms with Crippen molar-refractivity contribution in [2.75, 3.05) is 38.2 Å². The van der Waals surface area contributed by atoms with Gasteiger partial charge in [-0.3, -0.25) is 14.9 Å². The van der Waals surface area contributed by atoms with Gasteiger partial charge in [-0.25, -0.2) is 9.18 Å². The van der Waals surface area contributed by atoms with Crippen LogP contribution in [-0.2, 0) is 9.59 Å². The number of nitrogens with zero attached hydrogens (tertiary/aromatic N) is 2. The van der Waals surface area contributed by atoms with Gasteiger partial charge in [0.2, 0.25) is 11.7 Å². The minimum absolute atomic E-state index is 0.112. The van der Waals surface area contributed by atoms with Crippen LogP contribution in [0, 0.1) is 17.6 Å². The average Bonchev–Trinajstić information content (AvgIpc) is 3.02. The number of amides is 4. The summed E-state index contributed by atoms with van der Waals surface area (Å²) < 4.78 is 32.3. The Labute approximate surface area is 173 Å². The van der Waals surface area contributed by atoms with Gasteiger partial charge in [0.05, 0.1) is 7.11 Å². The molecule has 1 aromatic rings. The number of anilines is 1. The monoisotopic (exact) mass is 424 g/mol. The van der Waals surface area contributed by atoms with Crippen LogP contribution in [0.5, 0.6) is 5.75 Å². The van der Waals surface area contributed by atoms with Crippen LogP contribution in [0.1, 0.15) is 26.7 Å². The minimum Gasteiger partial charge on any atom is -0.493 e. The Balaban J connectivity index is 1.62. The Hall–Kier alpha value is -2.91. The number of rotatable bonds is 6. The molecule has 2 atom stereocenters. The van der Waals surface area contributed by atoms with Crippen molar-refractivity contribution in [1.82, 2.24) is 15.5 Å². The van der Waals surface area contributed by atoms with Crippen LogP contribution in [0.15, 0.2) is 12.1 Å². The number of imide groups is 1. The molecule has 2 aliphatic heterocycles. The molecular formula is C20H26F2N4O4. The molecule has 8 nitrogen and oxygen atoms in total. The number of piperazine rings is 1. The number of ether oxygens (including phenoxy) is 1. The highest BCUT2D eigenvalue weighted by Gasteiger charge is 2.46. The number of urea groups is 1. The predicted octanol–water partition coefficient (Wildman–Crippen LogP) is 1.64. The molecule has 4 amide bonds. The largest absolute Gasteiger partial charge is 0.493 e. The molecule has 2 N–H and O–H groups in total. The second-order valence-electron chi connectivity index (χ2n) is 7.71. The third-order valence-electron chi connectivity index (χ3n) is 5.85. The predicted molar refractivity (Wildman–Crippen MR) is 105 cm³/mol. The van der Waals surface area contributed by atoms with Gasteiger partial charge < -0.3 is 19.9 Å². The second-order valence-corrected chi connectivity index (χ2v) is 7.71. The number of methoxy groups -OCH3 is 1. The van der Waals surface area contributed by atoms with E-state index in [0.29, 0.717) is 38.3 Å². The molecule has 30 heavy (non-hydrogen) atoms. The zero-order valence-electron chi connectivity index (χ0n) is 17.3. The normalized spacial score (nSPS) is 22.6. The van der Waals surface area contributed by atoms with Crippen LogP contribution in [0.25, 0.3) is 0 Å². The van der Waals surface area contributed by atoms with Gasteiger partial charge in [0.25, 0.3) is 5.91 Å². The van der Waals surface area contributed by atoms with Crippen molar-refractivity contribution >= 4 is 23.5 Å². The van der Waals surface area contributed by atoms with E-state index in [1.807, 2.05) is 4.90 Å². The summed E-state index contributed by atoms with van der Waals surface area (Å²) in [5.74, 6) is -3.18. The Morgan fingerprint density at radius 2 is 1.90 bits per heavy atom. The number of hydrogen-bond acceptors (Lipinski definition) is 5. The van der Waals surface area contributed by atoms with E-state index < -0.39 is 35.0 Å². The van der Waals surface area contributed by atoms with Gasteiger partial charge in [-0.1, -0.05) is 13.8 Å². The van der Waals surface area contributed by atoms with Crippen molar-refractivity contribution in [3.63, 3.8) is 0 Å². The molecule has 0 aliphatic carbocycles. The first kappa shape index (κ1) is 21.8. The molecule has 2 fully saturated rings. The molecular weight excluding hydrogens is 398 g/mol. The summed E-state index contributed by atoms with van der Waals surface area (Å²) in [6, 6.07) is 2.01. The third kappa shape index (κ3) is 4.03. The fourth-order valence-corrected chi connectivity index (χ4v) is 4.05. The van der Waals surface area contributed by atoms with E-state index >= 15 is 0 Å². The summed E-state index contributed by atoms with van der Waals surface area (Å²) in [5.41, 5.74) is -0.586. The van der Waals surface area contributed by atoms with Gasteiger partial charge in [0, 0.05) is 49.9 Å². The lowest BCUT2D eigenvalue weighted by Gasteiger charge is -2.38. The standard InChI is InChI=1S/C20H26F2N4O4/c1-4-20(18(28)23-19(29)24-20)11-12(2)17(27)26-7-5-25(6-8-26)13-9-14(21)16(22)15(10-13)30-3/h9-10,12H,4-8,11H2,1-3H3,(H2,23,24,28,29)/t12-,20?/m0/s1. The molecule has 1 unspecified atom stereocenters. The van der Waals surface area contributed by atoms with E-state index in [1.54, 1.807) is 18.7 Å². The van der Waals surface area contributed by atoms with Gasteiger partial charge >= 0.3 is 6.03 Å². The number of hydrogen-bond donors (Lipinski definition) is 2. The molecule has 2 heterocycles. The van der Waals surface area contributed by atoms with E-state index in [4.69, 9.17) is 4.74 Å². The van der Waals surface area contributed by atoms with Gasteiger partial charge in [-0.15, -0.1) is 0 Å². The lowest BCUT2D eigenvalue weighted by Crippen LogP contribution is -2.53. The SMILES string of the molecule is CCC1(C[C@H](C)C(=O)N2CCN(c3cc(F)c(F)c(OC)c3)CC2)NC(=O)NC1=O. The van der Waals surface area contributed by atoms with Crippen molar-refractivity contribution in [1.29, 1.82) is 0 Å². The van der Waals surface area contributed by atoms with Crippen molar-refractivity contribution < 1.29 is 27.9 Å². The van der Waals surface area contributed by atoms with Crippen LogP contribution in [0.4, 0.5) is 19.3 Å². The number of halogens is 2. The van der Waals surface area contributed by atoms with E-state index in [9.17, 15) is 23.2 Å². The van der Waals surface area contributed by atoms with Gasteiger partial charge in [-0.2, -0.15) is 4.39 Å². The fraction of sp³-hybridized carbons (Fsp3) is 0.550. The highest BCUT2D eigenvalue weighted by Crippen LogP contribution is 2.29. The molecule has 2 aliphatic rings. The summed E-state index contributed by atoms with van der Waals surface area (Å²) in [4.78, 5) is 40.2. The Bertz CT molecular complexity index is 857. The highest BCUT2D eigenvalue weighted by atomic mass is 19.2.